The molecule has 5 rings (SSSR count). The van der Waals surface area contributed by atoms with Crippen molar-refractivity contribution in [1.29, 1.82) is 0 Å². The molecule has 2 aliphatic heterocycles. The van der Waals surface area contributed by atoms with E-state index in [9.17, 15) is 9.59 Å². The number of nitrogens with one attached hydrogen (secondary N) is 1. The molecule has 2 amide bonds. The standard InChI is InChI=1S/C20H21N7O2/c1-25-11-14(10-23-25)18-20(15-4-2-3-5-16(15)24-19(20)29)7-9-27(18)17(28)6-8-26-12-21-22-13-26/h2-5,10-13,18H,6-9H2,1H3,(H,24,29)/t18-,20+/m0/s1. The number of aryl methyl sites for hydroxylation is 2. The largest absolute Gasteiger partial charge is 0.334 e. The van der Waals surface area contributed by atoms with Gasteiger partial charge in [-0.2, -0.15) is 5.10 Å². The Morgan fingerprint density at radius 3 is 2.83 bits per heavy atom. The minimum Gasteiger partial charge on any atom is -0.334 e. The molecular weight excluding hydrogens is 370 g/mol. The summed E-state index contributed by atoms with van der Waals surface area (Å²) in [7, 11) is 1.84. The third-order valence-corrected chi connectivity index (χ3v) is 6.00. The lowest BCUT2D eigenvalue weighted by molar-refractivity contribution is -0.133. The number of benzene rings is 1. The molecule has 1 fully saturated rings. The minimum absolute atomic E-state index is 0.00149. The van der Waals surface area contributed by atoms with E-state index in [1.165, 1.54) is 0 Å². The molecule has 2 aromatic heterocycles. The highest BCUT2D eigenvalue weighted by molar-refractivity contribution is 6.07. The fourth-order valence-electron chi connectivity index (χ4n) is 4.71. The number of fused-ring (bicyclic) bond motifs is 2. The molecule has 2 aliphatic rings. The molecule has 1 N–H and O–H groups in total. The van der Waals surface area contributed by atoms with Crippen molar-refractivity contribution < 1.29 is 9.59 Å². The van der Waals surface area contributed by atoms with Crippen molar-refractivity contribution in [2.45, 2.75) is 30.8 Å². The molecule has 3 aromatic rings. The topological polar surface area (TPSA) is 97.9 Å². The first-order valence-electron chi connectivity index (χ1n) is 9.61. The number of amides is 2. The fourth-order valence-corrected chi connectivity index (χ4v) is 4.71. The Morgan fingerprint density at radius 1 is 1.28 bits per heavy atom. The van der Waals surface area contributed by atoms with Gasteiger partial charge in [0.1, 0.15) is 18.1 Å². The smallest absolute Gasteiger partial charge is 0.237 e. The summed E-state index contributed by atoms with van der Waals surface area (Å²) in [5, 5.41) is 14.9. The van der Waals surface area contributed by atoms with Crippen LogP contribution in [0.2, 0.25) is 0 Å². The number of para-hydroxylation sites is 1. The molecule has 0 saturated carbocycles. The number of carbonyl (C=O) groups is 2. The van der Waals surface area contributed by atoms with Crippen LogP contribution in [0.25, 0.3) is 0 Å². The average molecular weight is 391 g/mol. The van der Waals surface area contributed by atoms with Crippen LogP contribution < -0.4 is 5.32 Å². The van der Waals surface area contributed by atoms with Crippen LogP contribution in [0.3, 0.4) is 0 Å². The summed E-state index contributed by atoms with van der Waals surface area (Å²) < 4.78 is 3.49. The molecule has 0 bridgehead atoms. The monoisotopic (exact) mass is 391 g/mol. The molecule has 1 spiro atoms. The van der Waals surface area contributed by atoms with Crippen LogP contribution in [0.5, 0.6) is 0 Å². The van der Waals surface area contributed by atoms with Gasteiger partial charge in [0.25, 0.3) is 0 Å². The Bertz CT molecular complexity index is 1070. The summed E-state index contributed by atoms with van der Waals surface area (Å²) in [5.74, 6) is -0.0525. The van der Waals surface area contributed by atoms with Crippen LogP contribution in [0.15, 0.2) is 49.3 Å². The molecule has 1 saturated heterocycles. The van der Waals surface area contributed by atoms with Crippen molar-refractivity contribution in [1.82, 2.24) is 29.4 Å². The molecule has 9 heteroatoms. The summed E-state index contributed by atoms with van der Waals surface area (Å²) in [6, 6.07) is 7.36. The number of likely N-dealkylation sites (tertiary alicyclic amines) is 1. The zero-order valence-corrected chi connectivity index (χ0v) is 16.0. The second kappa shape index (κ2) is 6.54. The van der Waals surface area contributed by atoms with Gasteiger partial charge >= 0.3 is 0 Å². The van der Waals surface area contributed by atoms with E-state index in [2.05, 4.69) is 20.6 Å². The predicted octanol–water partition coefficient (Wildman–Crippen LogP) is 1.27. The zero-order chi connectivity index (χ0) is 20.0. The van der Waals surface area contributed by atoms with Crippen LogP contribution in [-0.2, 0) is 28.6 Å². The van der Waals surface area contributed by atoms with Crippen molar-refractivity contribution in [2.75, 3.05) is 11.9 Å². The molecular formula is C20H21N7O2. The molecule has 4 heterocycles. The van der Waals surface area contributed by atoms with Crippen LogP contribution in [-0.4, -0.2) is 47.8 Å². The van der Waals surface area contributed by atoms with Crippen molar-refractivity contribution in [2.24, 2.45) is 7.05 Å². The summed E-state index contributed by atoms with van der Waals surface area (Å²) >= 11 is 0. The highest BCUT2D eigenvalue weighted by atomic mass is 16.2. The van der Waals surface area contributed by atoms with Crippen molar-refractivity contribution in [3.63, 3.8) is 0 Å². The summed E-state index contributed by atoms with van der Waals surface area (Å²) in [4.78, 5) is 28.3. The van der Waals surface area contributed by atoms with Gasteiger partial charge in [-0.25, -0.2) is 0 Å². The number of hydrogen-bond acceptors (Lipinski definition) is 5. The molecule has 0 radical (unpaired) electrons. The lowest BCUT2D eigenvalue weighted by atomic mass is 9.73. The van der Waals surface area contributed by atoms with E-state index < -0.39 is 11.5 Å². The maximum absolute atomic E-state index is 13.3. The highest BCUT2D eigenvalue weighted by Gasteiger charge is 2.59. The third-order valence-electron chi connectivity index (χ3n) is 6.00. The average Bonchev–Trinajstić information content (AvgIpc) is 3.49. The van der Waals surface area contributed by atoms with Crippen molar-refractivity contribution in [3.05, 3.63) is 60.4 Å². The van der Waals surface area contributed by atoms with E-state index in [-0.39, 0.29) is 11.8 Å². The van der Waals surface area contributed by atoms with E-state index in [0.29, 0.717) is 25.9 Å². The quantitative estimate of drug-likeness (QED) is 0.722. The first-order chi connectivity index (χ1) is 14.1. The minimum atomic E-state index is -0.800. The number of nitrogens with zero attached hydrogens (tertiary/aromatic N) is 6. The fraction of sp³-hybridized carbons (Fsp3) is 0.350. The van der Waals surface area contributed by atoms with Gasteiger partial charge in [-0.15, -0.1) is 10.2 Å². The maximum atomic E-state index is 13.3. The first-order valence-corrected chi connectivity index (χ1v) is 9.61. The summed E-state index contributed by atoms with van der Waals surface area (Å²) in [5.41, 5.74) is 1.85. The van der Waals surface area contributed by atoms with E-state index in [0.717, 1.165) is 16.8 Å². The second-order valence-electron chi connectivity index (χ2n) is 7.61. The van der Waals surface area contributed by atoms with Gasteiger partial charge in [-0.1, -0.05) is 18.2 Å². The third kappa shape index (κ3) is 2.65. The number of hydrogen-bond donors (Lipinski definition) is 1. The second-order valence-corrected chi connectivity index (χ2v) is 7.61. The zero-order valence-electron chi connectivity index (χ0n) is 16.0. The Balaban J connectivity index is 1.53. The van der Waals surface area contributed by atoms with Crippen LogP contribution in [0.4, 0.5) is 5.69 Å². The van der Waals surface area contributed by atoms with Crippen LogP contribution in [0, 0.1) is 0 Å². The van der Waals surface area contributed by atoms with Crippen LogP contribution >= 0.6 is 0 Å². The number of anilines is 1. The molecule has 2 atom stereocenters. The Morgan fingerprint density at radius 2 is 2.07 bits per heavy atom. The predicted molar refractivity (Wildman–Crippen MR) is 104 cm³/mol. The van der Waals surface area contributed by atoms with Gasteiger partial charge in [0, 0.05) is 44.0 Å². The number of carbonyl (C=O) groups excluding carboxylic acids is 2. The molecule has 1 aromatic carbocycles. The lowest BCUT2D eigenvalue weighted by Gasteiger charge is -2.33. The maximum Gasteiger partial charge on any atom is 0.237 e. The Kier molecular flexibility index (Phi) is 3.97. The first kappa shape index (κ1) is 17.6. The Hall–Kier alpha value is -3.49. The van der Waals surface area contributed by atoms with E-state index in [1.54, 1.807) is 28.1 Å². The van der Waals surface area contributed by atoms with Crippen molar-refractivity contribution in [3.8, 4) is 0 Å². The molecule has 29 heavy (non-hydrogen) atoms. The van der Waals surface area contributed by atoms with E-state index in [1.807, 2.05) is 42.4 Å². The van der Waals surface area contributed by atoms with Gasteiger partial charge in [-0.05, 0) is 18.1 Å². The van der Waals surface area contributed by atoms with Gasteiger partial charge in [0.05, 0.1) is 12.2 Å². The van der Waals surface area contributed by atoms with Gasteiger partial charge in [0.2, 0.25) is 11.8 Å². The number of aromatic nitrogens is 5. The Labute approximate surface area is 167 Å². The van der Waals surface area contributed by atoms with Gasteiger partial charge < -0.3 is 14.8 Å². The molecule has 9 nitrogen and oxygen atoms in total. The van der Waals surface area contributed by atoms with Gasteiger partial charge in [0.15, 0.2) is 0 Å². The number of rotatable bonds is 4. The summed E-state index contributed by atoms with van der Waals surface area (Å²) in [6.45, 7) is 1.01. The van der Waals surface area contributed by atoms with Crippen LogP contribution in [0.1, 0.15) is 30.0 Å². The van der Waals surface area contributed by atoms with Crippen molar-refractivity contribution >= 4 is 17.5 Å². The van der Waals surface area contributed by atoms with Gasteiger partial charge in [-0.3, -0.25) is 14.3 Å². The van der Waals surface area contributed by atoms with E-state index in [4.69, 9.17) is 0 Å². The summed E-state index contributed by atoms with van der Waals surface area (Å²) in [6.07, 6.45) is 7.73. The van der Waals surface area contributed by atoms with E-state index >= 15 is 0 Å². The lowest BCUT2D eigenvalue weighted by Crippen LogP contribution is -2.42. The molecule has 0 unspecified atom stereocenters. The normalized spacial score (nSPS) is 22.9. The SMILES string of the molecule is Cn1cc([C@@H]2N(C(=O)CCn3cnnc3)CC[C@]23C(=O)Nc2ccccc23)cn1. The molecule has 148 valence electrons. The highest BCUT2D eigenvalue weighted by Crippen LogP contribution is 2.54. The molecule has 0 aliphatic carbocycles.